The average molecular weight is 408 g/mol. The van der Waals surface area contributed by atoms with E-state index in [-0.39, 0.29) is 17.6 Å². The molecule has 0 aliphatic rings. The van der Waals surface area contributed by atoms with Gasteiger partial charge in [0, 0.05) is 16.5 Å². The van der Waals surface area contributed by atoms with Gasteiger partial charge in [0.05, 0.1) is 17.0 Å². The van der Waals surface area contributed by atoms with Crippen LogP contribution in [0.1, 0.15) is 41.3 Å². The summed E-state index contributed by atoms with van der Waals surface area (Å²) in [6.45, 7) is 5.93. The molecule has 0 aliphatic carbocycles. The fraction of sp³-hybridized carbons (Fsp3) is 0.238. The summed E-state index contributed by atoms with van der Waals surface area (Å²) in [5.41, 5.74) is 2.73. The minimum absolute atomic E-state index is 0.0477. The summed E-state index contributed by atoms with van der Waals surface area (Å²) in [6.07, 6.45) is 1.46. The van der Waals surface area contributed by atoms with Crippen LogP contribution in [-0.2, 0) is 0 Å². The molecule has 0 spiro atoms. The molecular formula is C21H20N4O3S. The number of rotatable bonds is 6. The van der Waals surface area contributed by atoms with Crippen molar-refractivity contribution in [2.45, 2.75) is 26.8 Å². The Labute approximate surface area is 171 Å². The van der Waals surface area contributed by atoms with E-state index in [1.807, 2.05) is 50.4 Å². The Balaban J connectivity index is 1.59. The molecule has 4 aromatic rings. The molecule has 0 unspecified atom stereocenters. The Morgan fingerprint density at radius 3 is 2.66 bits per heavy atom. The molecule has 1 N–H and O–H groups in total. The summed E-state index contributed by atoms with van der Waals surface area (Å²) in [7, 11) is 0. The van der Waals surface area contributed by atoms with Crippen molar-refractivity contribution in [3.63, 3.8) is 0 Å². The zero-order chi connectivity index (χ0) is 20.4. The summed E-state index contributed by atoms with van der Waals surface area (Å²) >= 11 is 1.61. The van der Waals surface area contributed by atoms with Gasteiger partial charge in [-0.05, 0) is 31.0 Å². The lowest BCUT2D eigenvalue weighted by molar-refractivity contribution is 0.0885. The molecule has 1 amide bonds. The molecule has 4 rings (SSSR count). The third-order valence-corrected chi connectivity index (χ3v) is 5.22. The van der Waals surface area contributed by atoms with Crippen LogP contribution < -0.4 is 5.32 Å². The largest absolute Gasteiger partial charge is 0.459 e. The molecule has 0 bridgehead atoms. The Morgan fingerprint density at radius 1 is 1.14 bits per heavy atom. The molecule has 8 heteroatoms. The number of aromatic nitrogens is 3. The van der Waals surface area contributed by atoms with E-state index in [9.17, 15) is 4.79 Å². The van der Waals surface area contributed by atoms with E-state index >= 15 is 0 Å². The normalized spacial score (nSPS) is 12.3. The summed E-state index contributed by atoms with van der Waals surface area (Å²) in [4.78, 5) is 21.4. The van der Waals surface area contributed by atoms with Crippen LogP contribution in [-0.4, -0.2) is 21.0 Å². The van der Waals surface area contributed by atoms with E-state index in [2.05, 4.69) is 20.4 Å². The van der Waals surface area contributed by atoms with Gasteiger partial charge < -0.3 is 14.3 Å². The second kappa shape index (κ2) is 8.00. The Bertz CT molecular complexity index is 1110. The molecule has 3 heterocycles. The van der Waals surface area contributed by atoms with Gasteiger partial charge in [0.15, 0.2) is 5.76 Å². The Hall–Kier alpha value is -3.26. The van der Waals surface area contributed by atoms with Crippen LogP contribution in [0.5, 0.6) is 0 Å². The van der Waals surface area contributed by atoms with Crippen LogP contribution in [0.4, 0.5) is 0 Å². The van der Waals surface area contributed by atoms with E-state index in [1.165, 1.54) is 6.26 Å². The number of furan rings is 1. The quantitative estimate of drug-likeness (QED) is 0.488. The summed E-state index contributed by atoms with van der Waals surface area (Å²) < 4.78 is 10.6. The predicted octanol–water partition coefficient (Wildman–Crippen LogP) is 4.89. The van der Waals surface area contributed by atoms with Crippen molar-refractivity contribution < 1.29 is 13.7 Å². The van der Waals surface area contributed by atoms with Crippen molar-refractivity contribution in [2.75, 3.05) is 0 Å². The van der Waals surface area contributed by atoms with Gasteiger partial charge in [0.25, 0.3) is 5.91 Å². The molecule has 29 heavy (non-hydrogen) atoms. The maximum Gasteiger partial charge on any atom is 0.287 e. The first kappa shape index (κ1) is 19.1. The van der Waals surface area contributed by atoms with Gasteiger partial charge in [-0.1, -0.05) is 37.2 Å². The second-order valence-corrected chi connectivity index (χ2v) is 8.02. The fourth-order valence-electron chi connectivity index (χ4n) is 2.93. The average Bonchev–Trinajstić information content (AvgIpc) is 3.47. The van der Waals surface area contributed by atoms with Gasteiger partial charge in [0.2, 0.25) is 11.7 Å². The highest BCUT2D eigenvalue weighted by Crippen LogP contribution is 2.28. The number of hydrogen-bond donors (Lipinski definition) is 1. The predicted molar refractivity (Wildman–Crippen MR) is 109 cm³/mol. The first-order valence-electron chi connectivity index (χ1n) is 9.22. The lowest BCUT2D eigenvalue weighted by Crippen LogP contribution is -2.31. The molecular weight excluding hydrogens is 388 g/mol. The van der Waals surface area contributed by atoms with E-state index in [0.717, 1.165) is 21.8 Å². The van der Waals surface area contributed by atoms with Gasteiger partial charge >= 0.3 is 0 Å². The number of amides is 1. The third kappa shape index (κ3) is 4.12. The third-order valence-electron chi connectivity index (χ3n) is 4.44. The molecule has 7 nitrogen and oxygen atoms in total. The molecule has 3 aromatic heterocycles. The fourth-order valence-corrected chi connectivity index (χ4v) is 3.55. The number of thiazole rings is 1. The molecule has 1 aromatic carbocycles. The minimum Gasteiger partial charge on any atom is -0.459 e. The number of carbonyl (C=O) groups excluding carboxylic acids is 1. The minimum atomic E-state index is -0.432. The van der Waals surface area contributed by atoms with Crippen LogP contribution in [0, 0.1) is 12.8 Å². The smallest absolute Gasteiger partial charge is 0.287 e. The number of carbonyl (C=O) groups is 1. The van der Waals surface area contributed by atoms with Crippen LogP contribution in [0.15, 0.2) is 57.0 Å². The van der Waals surface area contributed by atoms with Crippen molar-refractivity contribution in [1.82, 2.24) is 20.4 Å². The summed E-state index contributed by atoms with van der Waals surface area (Å²) in [5.74, 6) is 0.777. The number of aryl methyl sites for hydroxylation is 1. The number of hydrogen-bond acceptors (Lipinski definition) is 7. The molecule has 0 aliphatic heterocycles. The maximum absolute atomic E-state index is 12.4. The monoisotopic (exact) mass is 408 g/mol. The van der Waals surface area contributed by atoms with Crippen LogP contribution in [0.3, 0.4) is 0 Å². The first-order chi connectivity index (χ1) is 14.0. The first-order valence-corrected chi connectivity index (χ1v) is 10.1. The lowest BCUT2D eigenvalue weighted by Gasteiger charge is -2.17. The number of nitrogens with zero attached hydrogens (tertiary/aromatic N) is 3. The highest BCUT2D eigenvalue weighted by molar-refractivity contribution is 7.09. The Kier molecular flexibility index (Phi) is 5.26. The van der Waals surface area contributed by atoms with Gasteiger partial charge in [-0.2, -0.15) is 4.98 Å². The zero-order valence-electron chi connectivity index (χ0n) is 16.2. The van der Waals surface area contributed by atoms with Crippen LogP contribution >= 0.6 is 11.3 Å². The SMILES string of the molecule is Cc1nc(-c2cccc(-c3noc([C@H](NC(=O)c4ccco4)C(C)C)n3)c2)cs1. The molecule has 1 atom stereocenters. The van der Waals surface area contributed by atoms with E-state index < -0.39 is 6.04 Å². The summed E-state index contributed by atoms with van der Waals surface area (Å²) in [6, 6.07) is 10.7. The van der Waals surface area contributed by atoms with Crippen LogP contribution in [0.2, 0.25) is 0 Å². The van der Waals surface area contributed by atoms with Crippen molar-refractivity contribution in [2.24, 2.45) is 5.92 Å². The van der Waals surface area contributed by atoms with E-state index in [4.69, 9.17) is 8.94 Å². The van der Waals surface area contributed by atoms with Crippen molar-refractivity contribution in [3.05, 3.63) is 64.7 Å². The second-order valence-electron chi connectivity index (χ2n) is 6.96. The highest BCUT2D eigenvalue weighted by atomic mass is 32.1. The highest BCUT2D eigenvalue weighted by Gasteiger charge is 2.26. The molecule has 0 saturated carbocycles. The van der Waals surface area contributed by atoms with Crippen LogP contribution in [0.25, 0.3) is 22.6 Å². The van der Waals surface area contributed by atoms with Gasteiger partial charge in [-0.3, -0.25) is 4.79 Å². The lowest BCUT2D eigenvalue weighted by atomic mass is 10.0. The van der Waals surface area contributed by atoms with Crippen molar-refractivity contribution in [3.8, 4) is 22.6 Å². The number of nitrogens with one attached hydrogen (secondary N) is 1. The van der Waals surface area contributed by atoms with Gasteiger partial charge in [-0.25, -0.2) is 4.98 Å². The summed E-state index contributed by atoms with van der Waals surface area (Å²) in [5, 5.41) is 10.1. The molecule has 0 saturated heterocycles. The van der Waals surface area contributed by atoms with Crippen molar-refractivity contribution in [1.29, 1.82) is 0 Å². The zero-order valence-corrected chi connectivity index (χ0v) is 17.1. The molecule has 148 valence electrons. The van der Waals surface area contributed by atoms with Gasteiger partial charge in [-0.15, -0.1) is 11.3 Å². The maximum atomic E-state index is 12.4. The van der Waals surface area contributed by atoms with Crippen molar-refractivity contribution >= 4 is 17.2 Å². The van der Waals surface area contributed by atoms with E-state index in [0.29, 0.717) is 11.7 Å². The standard InChI is InChI=1S/C21H20N4O3S/c1-12(2)18(23-20(26)17-8-5-9-27-17)21-24-19(25-28-21)15-7-4-6-14(10-15)16-11-29-13(3)22-16/h4-12,18H,1-3H3,(H,23,26)/t18-/m1/s1. The number of benzene rings is 1. The topological polar surface area (TPSA) is 94.1 Å². The molecule has 0 radical (unpaired) electrons. The van der Waals surface area contributed by atoms with E-state index in [1.54, 1.807) is 23.5 Å². The van der Waals surface area contributed by atoms with Gasteiger partial charge in [0.1, 0.15) is 6.04 Å². The molecule has 0 fully saturated rings. The Morgan fingerprint density at radius 2 is 1.97 bits per heavy atom.